The van der Waals surface area contributed by atoms with E-state index in [0.29, 0.717) is 0 Å². The van der Waals surface area contributed by atoms with E-state index in [1.165, 1.54) is 11.8 Å². The van der Waals surface area contributed by atoms with Gasteiger partial charge in [0, 0.05) is 9.37 Å². The highest BCUT2D eigenvalue weighted by Gasteiger charge is 2.20. The van der Waals surface area contributed by atoms with Crippen LogP contribution >= 0.6 is 27.7 Å². The lowest BCUT2D eigenvalue weighted by atomic mass is 10.1. The van der Waals surface area contributed by atoms with Crippen molar-refractivity contribution in [3.8, 4) is 0 Å². The van der Waals surface area contributed by atoms with Crippen LogP contribution in [0.15, 0.2) is 64.0 Å². The Balaban J connectivity index is 2.22. The largest absolute Gasteiger partial charge is 0.480 e. The number of benzene rings is 2. The third-order valence-corrected chi connectivity index (χ3v) is 4.18. The Morgan fingerprint density at radius 1 is 1.06 bits per heavy atom. The summed E-state index contributed by atoms with van der Waals surface area (Å²) in [4.78, 5) is 12.3. The Morgan fingerprint density at radius 3 is 2.22 bits per heavy atom. The van der Waals surface area contributed by atoms with Crippen LogP contribution in [-0.4, -0.2) is 11.1 Å². The molecule has 0 spiro atoms. The second-order valence-electron chi connectivity index (χ2n) is 3.70. The van der Waals surface area contributed by atoms with Gasteiger partial charge < -0.3 is 5.11 Å². The second-order valence-corrected chi connectivity index (χ2v) is 5.79. The molecule has 0 fully saturated rings. The maximum Gasteiger partial charge on any atom is 0.321 e. The van der Waals surface area contributed by atoms with Crippen LogP contribution < -0.4 is 0 Å². The normalized spacial score (nSPS) is 12.1. The first-order chi connectivity index (χ1) is 8.66. The molecule has 1 atom stereocenters. The Kier molecular flexibility index (Phi) is 4.44. The van der Waals surface area contributed by atoms with Crippen LogP contribution in [0.1, 0.15) is 10.8 Å². The second kappa shape index (κ2) is 6.07. The predicted molar refractivity (Wildman–Crippen MR) is 76.8 cm³/mol. The minimum absolute atomic E-state index is 0.577. The molecular weight excluding hydrogens is 312 g/mol. The molecule has 2 nitrogen and oxygen atoms in total. The molecule has 0 bridgehead atoms. The van der Waals surface area contributed by atoms with Gasteiger partial charge in [-0.15, -0.1) is 11.8 Å². The van der Waals surface area contributed by atoms with E-state index in [0.717, 1.165) is 14.9 Å². The van der Waals surface area contributed by atoms with Crippen LogP contribution in [0.2, 0.25) is 0 Å². The third kappa shape index (κ3) is 3.37. The summed E-state index contributed by atoms with van der Waals surface area (Å²) >= 11 is 4.70. The van der Waals surface area contributed by atoms with E-state index in [9.17, 15) is 9.90 Å². The number of rotatable bonds is 4. The molecule has 1 N–H and O–H groups in total. The summed E-state index contributed by atoms with van der Waals surface area (Å²) < 4.78 is 0.985. The SMILES string of the molecule is O=C(O)C(Sc1ccc(Br)cc1)c1ccccc1. The number of hydrogen-bond donors (Lipinski definition) is 1. The lowest BCUT2D eigenvalue weighted by Crippen LogP contribution is -2.07. The Labute approximate surface area is 118 Å². The zero-order valence-corrected chi connectivity index (χ0v) is 11.8. The fraction of sp³-hybridized carbons (Fsp3) is 0.0714. The van der Waals surface area contributed by atoms with Crippen LogP contribution in [0.5, 0.6) is 0 Å². The van der Waals surface area contributed by atoms with Crippen molar-refractivity contribution >= 4 is 33.7 Å². The number of carbonyl (C=O) groups is 1. The van der Waals surface area contributed by atoms with Gasteiger partial charge in [0.2, 0.25) is 0 Å². The molecule has 92 valence electrons. The molecule has 2 rings (SSSR count). The molecule has 0 saturated carbocycles. The van der Waals surface area contributed by atoms with Gasteiger partial charge in [0.1, 0.15) is 5.25 Å². The molecule has 0 aliphatic heterocycles. The molecule has 0 heterocycles. The van der Waals surface area contributed by atoms with E-state index in [1.54, 1.807) is 0 Å². The lowest BCUT2D eigenvalue weighted by molar-refractivity contribution is -0.136. The standard InChI is InChI=1S/C14H11BrO2S/c15-11-6-8-12(9-7-11)18-13(14(16)17)10-4-2-1-3-5-10/h1-9,13H,(H,16,17). The quantitative estimate of drug-likeness (QED) is 0.849. The van der Waals surface area contributed by atoms with E-state index in [2.05, 4.69) is 15.9 Å². The molecule has 0 radical (unpaired) electrons. The summed E-state index contributed by atoms with van der Waals surface area (Å²) in [7, 11) is 0. The molecule has 0 aromatic heterocycles. The maximum atomic E-state index is 11.3. The van der Waals surface area contributed by atoms with E-state index >= 15 is 0 Å². The zero-order valence-electron chi connectivity index (χ0n) is 9.42. The molecule has 2 aromatic rings. The first-order valence-electron chi connectivity index (χ1n) is 5.37. The van der Waals surface area contributed by atoms with E-state index in [1.807, 2.05) is 54.6 Å². The minimum Gasteiger partial charge on any atom is -0.480 e. The van der Waals surface area contributed by atoms with Crippen molar-refractivity contribution in [2.45, 2.75) is 10.1 Å². The molecule has 18 heavy (non-hydrogen) atoms. The number of thioether (sulfide) groups is 1. The monoisotopic (exact) mass is 322 g/mol. The first kappa shape index (κ1) is 13.2. The van der Waals surface area contributed by atoms with E-state index in [4.69, 9.17) is 0 Å². The molecule has 0 aliphatic rings. The van der Waals surface area contributed by atoms with Crippen molar-refractivity contribution in [1.29, 1.82) is 0 Å². The Morgan fingerprint density at radius 2 is 1.67 bits per heavy atom. The molecular formula is C14H11BrO2S. The summed E-state index contributed by atoms with van der Waals surface area (Å²) in [5, 5.41) is 8.74. The van der Waals surface area contributed by atoms with Gasteiger partial charge in [0.25, 0.3) is 0 Å². The van der Waals surface area contributed by atoms with Crippen molar-refractivity contribution in [3.05, 3.63) is 64.6 Å². The van der Waals surface area contributed by atoms with Crippen LogP contribution in [0.3, 0.4) is 0 Å². The highest BCUT2D eigenvalue weighted by molar-refractivity contribution is 9.10. The van der Waals surface area contributed by atoms with E-state index in [-0.39, 0.29) is 0 Å². The summed E-state index contributed by atoms with van der Waals surface area (Å²) in [5.74, 6) is -0.825. The van der Waals surface area contributed by atoms with Gasteiger partial charge in [-0.3, -0.25) is 4.79 Å². The van der Waals surface area contributed by atoms with Gasteiger partial charge in [-0.05, 0) is 29.8 Å². The van der Waals surface area contributed by atoms with Crippen LogP contribution in [0.25, 0.3) is 0 Å². The smallest absolute Gasteiger partial charge is 0.321 e. The number of carboxylic acid groups (broad SMARTS) is 1. The van der Waals surface area contributed by atoms with Gasteiger partial charge in [-0.1, -0.05) is 46.3 Å². The van der Waals surface area contributed by atoms with Crippen LogP contribution in [-0.2, 0) is 4.79 Å². The Hall–Kier alpha value is -1.26. The highest BCUT2D eigenvalue weighted by atomic mass is 79.9. The first-order valence-corrected chi connectivity index (χ1v) is 7.04. The maximum absolute atomic E-state index is 11.3. The number of halogens is 1. The number of carboxylic acids is 1. The summed E-state index contributed by atoms with van der Waals surface area (Å²) in [6.45, 7) is 0. The fourth-order valence-corrected chi connectivity index (χ4v) is 2.76. The highest BCUT2D eigenvalue weighted by Crippen LogP contribution is 2.35. The van der Waals surface area contributed by atoms with Crippen molar-refractivity contribution in [2.75, 3.05) is 0 Å². The molecule has 1 unspecified atom stereocenters. The molecule has 4 heteroatoms. The Bertz CT molecular complexity index is 525. The van der Waals surface area contributed by atoms with Gasteiger partial charge in [-0.2, -0.15) is 0 Å². The predicted octanol–water partition coefficient (Wildman–Crippen LogP) is 4.37. The van der Waals surface area contributed by atoms with Crippen molar-refractivity contribution in [2.24, 2.45) is 0 Å². The third-order valence-electron chi connectivity index (χ3n) is 2.39. The van der Waals surface area contributed by atoms with Gasteiger partial charge in [0.05, 0.1) is 0 Å². The minimum atomic E-state index is -0.825. The molecule has 0 saturated heterocycles. The number of hydrogen-bond acceptors (Lipinski definition) is 2. The van der Waals surface area contributed by atoms with Gasteiger partial charge in [0.15, 0.2) is 0 Å². The number of aliphatic carboxylic acids is 1. The zero-order chi connectivity index (χ0) is 13.0. The summed E-state index contributed by atoms with van der Waals surface area (Å²) in [6.07, 6.45) is 0. The van der Waals surface area contributed by atoms with E-state index < -0.39 is 11.2 Å². The summed E-state index contributed by atoms with van der Waals surface area (Å²) in [5.41, 5.74) is 0.804. The molecule has 0 aliphatic carbocycles. The van der Waals surface area contributed by atoms with Crippen molar-refractivity contribution < 1.29 is 9.90 Å². The van der Waals surface area contributed by atoms with Crippen LogP contribution in [0, 0.1) is 0 Å². The fourth-order valence-electron chi connectivity index (χ4n) is 1.54. The average molecular weight is 323 g/mol. The van der Waals surface area contributed by atoms with Gasteiger partial charge >= 0.3 is 5.97 Å². The molecule has 0 amide bonds. The topological polar surface area (TPSA) is 37.3 Å². The van der Waals surface area contributed by atoms with Crippen molar-refractivity contribution in [1.82, 2.24) is 0 Å². The van der Waals surface area contributed by atoms with Gasteiger partial charge in [-0.25, -0.2) is 0 Å². The summed E-state index contributed by atoms with van der Waals surface area (Å²) in [6, 6.07) is 16.9. The average Bonchev–Trinajstić information content (AvgIpc) is 2.38. The molecule has 2 aromatic carbocycles. The van der Waals surface area contributed by atoms with Crippen LogP contribution in [0.4, 0.5) is 0 Å². The lowest BCUT2D eigenvalue weighted by Gasteiger charge is -2.12. The van der Waals surface area contributed by atoms with Crippen molar-refractivity contribution in [3.63, 3.8) is 0 Å².